The molecular weight excluding hydrogens is 340 g/mol. The highest BCUT2D eigenvalue weighted by Crippen LogP contribution is 2.28. The van der Waals surface area contributed by atoms with Crippen LogP contribution in [0.2, 0.25) is 0 Å². The quantitative estimate of drug-likeness (QED) is 0.747. The van der Waals surface area contributed by atoms with Gasteiger partial charge < -0.3 is 20.3 Å². The van der Waals surface area contributed by atoms with E-state index in [4.69, 9.17) is 5.73 Å². The number of carbonyl (C=O) groups excluding carboxylic acids is 2. The van der Waals surface area contributed by atoms with Crippen molar-refractivity contribution in [2.45, 2.75) is 31.1 Å². The van der Waals surface area contributed by atoms with Crippen LogP contribution in [-0.2, 0) is 29.2 Å². The molecule has 8 heteroatoms. The fourth-order valence-electron chi connectivity index (χ4n) is 2.96. The standard InChI is InChI=1S/C17H20N4O3S/c18-15(23)9-21-13(10-22)8-19-17(21)25-11-16(24)20-7-3-5-12-4-1-2-6-14(12)20/h1-2,4,6,8,22H,3,5,7,9-11H2,(H2,18,23). The summed E-state index contributed by atoms with van der Waals surface area (Å²) in [5.74, 6) is -0.322. The Morgan fingerprint density at radius 1 is 1.32 bits per heavy atom. The summed E-state index contributed by atoms with van der Waals surface area (Å²) in [6.45, 7) is 0.390. The van der Waals surface area contributed by atoms with Gasteiger partial charge in [0.25, 0.3) is 0 Å². The van der Waals surface area contributed by atoms with Gasteiger partial charge in [-0.15, -0.1) is 0 Å². The molecule has 2 amide bonds. The molecule has 0 saturated carbocycles. The summed E-state index contributed by atoms with van der Waals surface area (Å²) in [6, 6.07) is 7.94. The SMILES string of the molecule is NC(=O)Cn1c(CO)cnc1SCC(=O)N1CCCc2ccccc21. The molecule has 0 saturated heterocycles. The number of para-hydroxylation sites is 1. The number of benzene rings is 1. The second-order valence-electron chi connectivity index (χ2n) is 5.81. The van der Waals surface area contributed by atoms with Crippen LogP contribution in [0.1, 0.15) is 17.7 Å². The number of carbonyl (C=O) groups is 2. The first-order valence-electron chi connectivity index (χ1n) is 8.04. The molecule has 0 unspecified atom stereocenters. The van der Waals surface area contributed by atoms with Gasteiger partial charge in [-0.05, 0) is 24.5 Å². The number of nitrogens with zero attached hydrogens (tertiary/aromatic N) is 3. The third-order valence-electron chi connectivity index (χ3n) is 4.11. The molecule has 2 aromatic rings. The Labute approximate surface area is 149 Å². The third kappa shape index (κ3) is 3.85. The van der Waals surface area contributed by atoms with Gasteiger partial charge in [0.2, 0.25) is 11.8 Å². The van der Waals surface area contributed by atoms with Crippen molar-refractivity contribution >= 4 is 29.3 Å². The first kappa shape index (κ1) is 17.5. The topological polar surface area (TPSA) is 101 Å². The number of imidazole rings is 1. The number of aromatic nitrogens is 2. The lowest BCUT2D eigenvalue weighted by atomic mass is 10.0. The predicted molar refractivity (Wildman–Crippen MR) is 95.2 cm³/mol. The molecule has 7 nitrogen and oxygen atoms in total. The minimum absolute atomic E-state index is 0.00340. The van der Waals surface area contributed by atoms with Gasteiger partial charge in [-0.1, -0.05) is 30.0 Å². The van der Waals surface area contributed by atoms with Crippen LogP contribution in [0.4, 0.5) is 5.69 Å². The van der Waals surface area contributed by atoms with Crippen molar-refractivity contribution in [3.63, 3.8) is 0 Å². The van der Waals surface area contributed by atoms with E-state index in [9.17, 15) is 14.7 Å². The van der Waals surface area contributed by atoms with Crippen molar-refractivity contribution in [3.05, 3.63) is 41.7 Å². The molecule has 25 heavy (non-hydrogen) atoms. The van der Waals surface area contributed by atoms with Crippen molar-refractivity contribution in [1.29, 1.82) is 0 Å². The van der Waals surface area contributed by atoms with Crippen LogP contribution in [0.3, 0.4) is 0 Å². The normalized spacial score (nSPS) is 13.6. The van der Waals surface area contributed by atoms with Crippen molar-refractivity contribution in [3.8, 4) is 0 Å². The molecule has 132 valence electrons. The number of rotatable bonds is 6. The highest BCUT2D eigenvalue weighted by Gasteiger charge is 2.23. The van der Waals surface area contributed by atoms with E-state index >= 15 is 0 Å². The molecule has 3 N–H and O–H groups in total. The van der Waals surface area contributed by atoms with E-state index in [1.807, 2.05) is 18.2 Å². The molecule has 3 rings (SSSR count). The van der Waals surface area contributed by atoms with E-state index in [1.54, 1.807) is 9.47 Å². The number of hydrogen-bond donors (Lipinski definition) is 2. The molecule has 0 fully saturated rings. The maximum absolute atomic E-state index is 12.7. The summed E-state index contributed by atoms with van der Waals surface area (Å²) in [7, 11) is 0. The number of nitrogens with two attached hydrogens (primary N) is 1. The van der Waals surface area contributed by atoms with E-state index in [2.05, 4.69) is 11.1 Å². The zero-order valence-corrected chi connectivity index (χ0v) is 14.5. The molecule has 1 aliphatic rings. The average Bonchev–Trinajstić information content (AvgIpc) is 3.00. The Kier molecular flexibility index (Phi) is 5.40. The Balaban J connectivity index is 1.71. The lowest BCUT2D eigenvalue weighted by molar-refractivity contribution is -0.118. The number of thioether (sulfide) groups is 1. The molecule has 1 aromatic carbocycles. The van der Waals surface area contributed by atoms with Gasteiger partial charge >= 0.3 is 0 Å². The molecule has 0 bridgehead atoms. The molecule has 0 radical (unpaired) electrons. The largest absolute Gasteiger partial charge is 0.390 e. The second kappa shape index (κ2) is 7.71. The van der Waals surface area contributed by atoms with Crippen LogP contribution in [0.25, 0.3) is 0 Å². The molecule has 0 atom stereocenters. The maximum Gasteiger partial charge on any atom is 0.237 e. The number of aryl methyl sites for hydroxylation is 1. The van der Waals surface area contributed by atoms with E-state index < -0.39 is 5.91 Å². The van der Waals surface area contributed by atoms with Crippen LogP contribution in [0.15, 0.2) is 35.6 Å². The van der Waals surface area contributed by atoms with E-state index in [1.165, 1.54) is 23.5 Å². The van der Waals surface area contributed by atoms with E-state index in [0.29, 0.717) is 17.4 Å². The van der Waals surface area contributed by atoms with Gasteiger partial charge in [0.15, 0.2) is 5.16 Å². The van der Waals surface area contributed by atoms with E-state index in [0.717, 1.165) is 18.5 Å². The van der Waals surface area contributed by atoms with Crippen LogP contribution in [0.5, 0.6) is 0 Å². The van der Waals surface area contributed by atoms with Gasteiger partial charge in [-0.25, -0.2) is 4.98 Å². The number of amides is 2. The number of aliphatic hydroxyl groups is 1. The van der Waals surface area contributed by atoms with Gasteiger partial charge in [0.1, 0.15) is 6.54 Å². The van der Waals surface area contributed by atoms with Gasteiger partial charge in [0.05, 0.1) is 24.3 Å². The summed E-state index contributed by atoms with van der Waals surface area (Å²) in [5, 5.41) is 9.84. The molecule has 2 heterocycles. The highest BCUT2D eigenvalue weighted by atomic mass is 32.2. The Morgan fingerprint density at radius 3 is 2.88 bits per heavy atom. The molecular formula is C17H20N4O3S. The van der Waals surface area contributed by atoms with Crippen LogP contribution < -0.4 is 10.6 Å². The van der Waals surface area contributed by atoms with Crippen molar-refractivity contribution in [2.24, 2.45) is 5.73 Å². The highest BCUT2D eigenvalue weighted by molar-refractivity contribution is 7.99. The van der Waals surface area contributed by atoms with Crippen LogP contribution in [0, 0.1) is 0 Å². The van der Waals surface area contributed by atoms with Gasteiger partial charge in [-0.3, -0.25) is 9.59 Å². The van der Waals surface area contributed by atoms with Gasteiger partial charge in [-0.2, -0.15) is 0 Å². The first-order chi connectivity index (χ1) is 12.1. The lowest BCUT2D eigenvalue weighted by Crippen LogP contribution is -2.36. The van der Waals surface area contributed by atoms with Crippen molar-refractivity contribution in [2.75, 3.05) is 17.2 Å². The maximum atomic E-state index is 12.7. The average molecular weight is 360 g/mol. The third-order valence-corrected chi connectivity index (χ3v) is 5.09. The monoisotopic (exact) mass is 360 g/mol. The summed E-state index contributed by atoms with van der Waals surface area (Å²) in [4.78, 5) is 29.9. The number of primary amides is 1. The second-order valence-corrected chi connectivity index (χ2v) is 6.75. The van der Waals surface area contributed by atoms with E-state index in [-0.39, 0.29) is 24.8 Å². The Morgan fingerprint density at radius 2 is 2.12 bits per heavy atom. The summed E-state index contributed by atoms with van der Waals surface area (Å²) >= 11 is 1.24. The Hall–Kier alpha value is -2.32. The zero-order chi connectivity index (χ0) is 17.8. The lowest BCUT2D eigenvalue weighted by Gasteiger charge is -2.29. The molecule has 1 aromatic heterocycles. The van der Waals surface area contributed by atoms with Crippen molar-refractivity contribution < 1.29 is 14.7 Å². The zero-order valence-electron chi connectivity index (χ0n) is 13.7. The minimum atomic E-state index is -0.522. The molecule has 0 aliphatic carbocycles. The first-order valence-corrected chi connectivity index (χ1v) is 9.03. The molecule has 0 spiro atoms. The number of hydrogen-bond acceptors (Lipinski definition) is 5. The van der Waals surface area contributed by atoms with Crippen LogP contribution >= 0.6 is 11.8 Å². The summed E-state index contributed by atoms with van der Waals surface area (Å²) < 4.78 is 1.55. The number of anilines is 1. The summed E-state index contributed by atoms with van der Waals surface area (Å²) in [6.07, 6.45) is 3.42. The van der Waals surface area contributed by atoms with Gasteiger partial charge in [0, 0.05) is 12.2 Å². The number of fused-ring (bicyclic) bond motifs is 1. The number of aliphatic hydroxyl groups excluding tert-OH is 1. The Bertz CT molecular complexity index is 790. The van der Waals surface area contributed by atoms with Crippen LogP contribution in [-0.4, -0.2) is 38.8 Å². The fourth-order valence-corrected chi connectivity index (χ4v) is 3.83. The summed E-state index contributed by atoms with van der Waals surface area (Å²) in [5.41, 5.74) is 7.90. The predicted octanol–water partition coefficient (Wildman–Crippen LogP) is 0.932. The smallest absolute Gasteiger partial charge is 0.237 e. The molecule has 1 aliphatic heterocycles. The fraction of sp³-hybridized carbons (Fsp3) is 0.353. The minimum Gasteiger partial charge on any atom is -0.390 e. The van der Waals surface area contributed by atoms with Crippen molar-refractivity contribution in [1.82, 2.24) is 9.55 Å².